The number of aromatic amines is 1. The third-order valence-corrected chi connectivity index (χ3v) is 4.55. The van der Waals surface area contributed by atoms with Crippen molar-refractivity contribution in [2.45, 2.75) is 0 Å². The van der Waals surface area contributed by atoms with Crippen molar-refractivity contribution in [2.75, 3.05) is 5.32 Å². The minimum Gasteiger partial charge on any atom is -0.356 e. The highest BCUT2D eigenvalue weighted by atomic mass is 32.1. The van der Waals surface area contributed by atoms with Gasteiger partial charge in [0.1, 0.15) is 5.69 Å². The van der Waals surface area contributed by atoms with Crippen LogP contribution in [0.3, 0.4) is 0 Å². The van der Waals surface area contributed by atoms with Crippen LogP contribution in [0.2, 0.25) is 0 Å². The number of anilines is 2. The first-order valence-corrected chi connectivity index (χ1v) is 8.31. The lowest BCUT2D eigenvalue weighted by molar-refractivity contribution is 0.459. The minimum atomic E-state index is 0.732. The van der Waals surface area contributed by atoms with Gasteiger partial charge >= 0.3 is 0 Å². The van der Waals surface area contributed by atoms with Crippen LogP contribution in [0, 0.1) is 0 Å². The van der Waals surface area contributed by atoms with Gasteiger partial charge in [-0.2, -0.15) is 16.4 Å². The molecule has 0 saturated carbocycles. The molecule has 5 aromatic rings. The van der Waals surface area contributed by atoms with E-state index in [0.29, 0.717) is 0 Å². The Morgan fingerprint density at radius 3 is 3.04 bits per heavy atom. The van der Waals surface area contributed by atoms with E-state index in [9.17, 15) is 0 Å². The molecule has 0 fully saturated rings. The van der Waals surface area contributed by atoms with Gasteiger partial charge in [0.25, 0.3) is 0 Å². The molecule has 0 aliphatic carbocycles. The third-order valence-electron chi connectivity index (χ3n) is 3.87. The molecule has 0 unspecified atom stereocenters. The summed E-state index contributed by atoms with van der Waals surface area (Å²) in [5, 5.41) is 20.7. The highest BCUT2D eigenvalue weighted by molar-refractivity contribution is 7.08. The molecule has 116 valence electrons. The summed E-state index contributed by atoms with van der Waals surface area (Å²) in [6, 6.07) is 11.8. The summed E-state index contributed by atoms with van der Waals surface area (Å²) in [4.78, 5) is 4.24. The number of hydrogen-bond donors (Lipinski definition) is 2. The summed E-state index contributed by atoms with van der Waals surface area (Å²) in [5.41, 5.74) is 4.31. The van der Waals surface area contributed by atoms with E-state index in [1.165, 1.54) is 0 Å². The molecule has 2 N–H and O–H groups in total. The van der Waals surface area contributed by atoms with Gasteiger partial charge in [-0.05, 0) is 35.7 Å². The molecule has 0 aliphatic heterocycles. The first kappa shape index (κ1) is 13.3. The molecule has 7 heteroatoms. The van der Waals surface area contributed by atoms with Gasteiger partial charge in [-0.3, -0.25) is 5.10 Å². The lowest BCUT2D eigenvalue weighted by Crippen LogP contribution is -1.90. The highest BCUT2D eigenvalue weighted by Crippen LogP contribution is 2.32. The molecule has 0 amide bonds. The van der Waals surface area contributed by atoms with Gasteiger partial charge in [0, 0.05) is 34.3 Å². The Morgan fingerprint density at radius 2 is 2.12 bits per heavy atom. The molecule has 5 rings (SSSR count). The molecule has 0 aliphatic rings. The number of rotatable bonds is 3. The smallest absolute Gasteiger partial charge is 0.169 e. The number of thiophene rings is 1. The third kappa shape index (κ3) is 2.06. The zero-order valence-electron chi connectivity index (χ0n) is 12.4. The topological polar surface area (TPSA) is 79.6 Å². The average molecular weight is 333 g/mol. The Balaban J connectivity index is 1.54. The maximum atomic E-state index is 5.49. The molecular formula is C17H11N5OS. The van der Waals surface area contributed by atoms with Crippen LogP contribution >= 0.6 is 11.3 Å². The highest BCUT2D eigenvalue weighted by Gasteiger charge is 2.12. The average Bonchev–Trinajstić information content (AvgIpc) is 3.34. The van der Waals surface area contributed by atoms with E-state index in [0.717, 1.165) is 44.8 Å². The Morgan fingerprint density at radius 1 is 1.12 bits per heavy atom. The van der Waals surface area contributed by atoms with Crippen LogP contribution in [0.5, 0.6) is 0 Å². The molecule has 4 aromatic heterocycles. The van der Waals surface area contributed by atoms with Crippen molar-refractivity contribution in [1.82, 2.24) is 20.3 Å². The summed E-state index contributed by atoms with van der Waals surface area (Å²) >= 11 is 1.64. The van der Waals surface area contributed by atoms with Gasteiger partial charge in [0.15, 0.2) is 17.0 Å². The van der Waals surface area contributed by atoms with Gasteiger partial charge in [-0.25, -0.2) is 4.98 Å². The van der Waals surface area contributed by atoms with Crippen LogP contribution in [0.25, 0.3) is 33.3 Å². The lowest BCUT2D eigenvalue weighted by atomic mass is 10.1. The minimum absolute atomic E-state index is 0.732. The van der Waals surface area contributed by atoms with Crippen LogP contribution < -0.4 is 5.32 Å². The molecule has 4 heterocycles. The molecule has 0 bridgehead atoms. The fourth-order valence-electron chi connectivity index (χ4n) is 2.71. The van der Waals surface area contributed by atoms with E-state index >= 15 is 0 Å². The van der Waals surface area contributed by atoms with Crippen molar-refractivity contribution in [3.63, 3.8) is 0 Å². The second kappa shape index (κ2) is 5.17. The van der Waals surface area contributed by atoms with Crippen LogP contribution in [-0.4, -0.2) is 20.3 Å². The second-order valence-corrected chi connectivity index (χ2v) is 6.13. The number of benzene rings is 1. The van der Waals surface area contributed by atoms with E-state index in [1.54, 1.807) is 17.5 Å². The summed E-state index contributed by atoms with van der Waals surface area (Å²) < 4.78 is 5.49. The number of nitrogens with one attached hydrogen (secondary N) is 2. The summed E-state index contributed by atoms with van der Waals surface area (Å²) in [6.45, 7) is 0. The lowest BCUT2D eigenvalue weighted by Gasteiger charge is -2.03. The van der Waals surface area contributed by atoms with E-state index < -0.39 is 0 Å². The largest absolute Gasteiger partial charge is 0.356 e. The molecule has 0 radical (unpaired) electrons. The van der Waals surface area contributed by atoms with Crippen molar-refractivity contribution in [1.29, 1.82) is 0 Å². The normalized spacial score (nSPS) is 11.3. The second-order valence-electron chi connectivity index (χ2n) is 5.35. The number of fused-ring (bicyclic) bond motifs is 2. The van der Waals surface area contributed by atoms with Crippen molar-refractivity contribution in [3.05, 3.63) is 53.4 Å². The molecular weight excluding hydrogens is 322 g/mol. The van der Waals surface area contributed by atoms with Crippen molar-refractivity contribution >= 4 is 44.8 Å². The molecule has 0 saturated heterocycles. The van der Waals surface area contributed by atoms with Crippen LogP contribution in [-0.2, 0) is 0 Å². The number of aromatic nitrogens is 4. The quantitative estimate of drug-likeness (QED) is 0.505. The van der Waals surface area contributed by atoms with Gasteiger partial charge < -0.3 is 9.84 Å². The Hall–Kier alpha value is -3.19. The number of pyridine rings is 1. The zero-order valence-corrected chi connectivity index (χ0v) is 13.2. The van der Waals surface area contributed by atoms with Gasteiger partial charge in [-0.15, -0.1) is 0 Å². The van der Waals surface area contributed by atoms with Crippen molar-refractivity contribution in [2.24, 2.45) is 0 Å². The Kier molecular flexibility index (Phi) is 2.86. The van der Waals surface area contributed by atoms with Crippen molar-refractivity contribution < 1.29 is 4.52 Å². The van der Waals surface area contributed by atoms with Crippen LogP contribution in [0.15, 0.2) is 57.9 Å². The summed E-state index contributed by atoms with van der Waals surface area (Å²) in [7, 11) is 0. The predicted octanol–water partition coefficient (Wildman–Crippen LogP) is 4.57. The Bertz CT molecular complexity index is 1140. The number of H-pyrrole nitrogens is 1. The van der Waals surface area contributed by atoms with E-state index in [-0.39, 0.29) is 0 Å². The number of hydrogen-bond acceptors (Lipinski definition) is 6. The SMILES string of the molecule is c1cnc2[nH]nc(Nc3ccc4c(-c5ccsc5)noc4c3)c2c1. The maximum Gasteiger partial charge on any atom is 0.169 e. The molecule has 24 heavy (non-hydrogen) atoms. The van der Waals surface area contributed by atoms with E-state index in [1.807, 2.05) is 41.8 Å². The zero-order chi connectivity index (χ0) is 15.9. The molecule has 1 aromatic carbocycles. The van der Waals surface area contributed by atoms with Crippen molar-refractivity contribution in [3.8, 4) is 11.3 Å². The van der Waals surface area contributed by atoms with E-state index in [2.05, 4.69) is 31.0 Å². The fourth-order valence-corrected chi connectivity index (χ4v) is 3.35. The molecule has 0 spiro atoms. The van der Waals surface area contributed by atoms with E-state index in [4.69, 9.17) is 4.52 Å². The summed E-state index contributed by atoms with van der Waals surface area (Å²) in [6.07, 6.45) is 1.73. The molecule has 0 atom stereocenters. The Labute approximate surface area is 140 Å². The van der Waals surface area contributed by atoms with Gasteiger partial charge in [0.05, 0.1) is 5.39 Å². The first-order chi connectivity index (χ1) is 11.9. The summed E-state index contributed by atoms with van der Waals surface area (Å²) in [5.74, 6) is 0.732. The maximum absolute atomic E-state index is 5.49. The monoisotopic (exact) mass is 333 g/mol. The van der Waals surface area contributed by atoms with Crippen LogP contribution in [0.4, 0.5) is 11.5 Å². The standard InChI is InChI=1S/C17H11N5OS/c1-2-13-16(18-6-1)20-21-17(13)19-11-3-4-12-14(8-11)23-22-15(12)10-5-7-24-9-10/h1-9H,(H2,18,19,20,21). The first-order valence-electron chi connectivity index (χ1n) is 7.36. The van der Waals surface area contributed by atoms with Crippen LogP contribution in [0.1, 0.15) is 0 Å². The molecule has 6 nitrogen and oxygen atoms in total. The number of nitrogens with zero attached hydrogens (tertiary/aromatic N) is 3. The predicted molar refractivity (Wildman–Crippen MR) is 94.5 cm³/mol. The van der Waals surface area contributed by atoms with Gasteiger partial charge in [0.2, 0.25) is 0 Å². The van der Waals surface area contributed by atoms with Gasteiger partial charge in [-0.1, -0.05) is 5.16 Å². The fraction of sp³-hybridized carbons (Fsp3) is 0.